The zero-order valence-electron chi connectivity index (χ0n) is 9.00. The molecule has 5 heteroatoms. The molecule has 17 heavy (non-hydrogen) atoms. The molecule has 0 unspecified atom stereocenters. The lowest BCUT2D eigenvalue weighted by Crippen LogP contribution is -2.30. The molecule has 0 aliphatic heterocycles. The number of fused-ring (bicyclic) bond motifs is 1. The second-order valence-electron chi connectivity index (χ2n) is 3.43. The smallest absolute Gasteiger partial charge is 0.269 e. The van der Waals surface area contributed by atoms with Gasteiger partial charge in [0, 0.05) is 17.0 Å². The van der Waals surface area contributed by atoms with E-state index < -0.39 is 0 Å². The number of hydrogen-bond donors (Lipinski definition) is 1. The van der Waals surface area contributed by atoms with Crippen molar-refractivity contribution < 1.29 is 0 Å². The molecule has 1 aromatic carbocycles. The molecular weight excluding hydrogens is 254 g/mol. The van der Waals surface area contributed by atoms with Gasteiger partial charge in [0.05, 0.1) is 5.39 Å². The van der Waals surface area contributed by atoms with Crippen molar-refractivity contribution in [2.24, 2.45) is 0 Å². The molecule has 3 nitrogen and oxygen atoms in total. The lowest BCUT2D eigenvalue weighted by Gasteiger charge is -2.01. The molecule has 2 aromatic rings. The Bertz CT molecular complexity index is 670. The van der Waals surface area contributed by atoms with E-state index in [2.05, 4.69) is 12.6 Å². The Morgan fingerprint density at radius 2 is 2.00 bits per heavy atom. The summed E-state index contributed by atoms with van der Waals surface area (Å²) in [6.07, 6.45) is 3.59. The standard InChI is InChI=1S/C12H11NO2S2/c14-11-9-5-1-2-6-10(9)17-12(15)13(11)7-3-4-8-16/h1-6,16H,7-8H2/b4-3+. The Morgan fingerprint density at radius 3 is 2.76 bits per heavy atom. The maximum absolute atomic E-state index is 12.1. The Balaban J connectivity index is 2.60. The van der Waals surface area contributed by atoms with Crippen molar-refractivity contribution in [3.8, 4) is 0 Å². The van der Waals surface area contributed by atoms with Gasteiger partial charge < -0.3 is 0 Å². The van der Waals surface area contributed by atoms with Crippen LogP contribution in [0.1, 0.15) is 0 Å². The summed E-state index contributed by atoms with van der Waals surface area (Å²) in [6.45, 7) is 0.305. The molecular formula is C12H11NO2S2. The summed E-state index contributed by atoms with van der Waals surface area (Å²) >= 11 is 5.12. The third-order valence-corrected chi connectivity index (χ3v) is 3.52. The van der Waals surface area contributed by atoms with Crippen molar-refractivity contribution in [1.29, 1.82) is 0 Å². The van der Waals surface area contributed by atoms with Gasteiger partial charge in [-0.1, -0.05) is 35.6 Å². The highest BCUT2D eigenvalue weighted by atomic mass is 32.1. The third-order valence-electron chi connectivity index (χ3n) is 2.34. The largest absolute Gasteiger partial charge is 0.310 e. The maximum atomic E-state index is 12.1. The molecule has 0 aliphatic rings. The summed E-state index contributed by atoms with van der Waals surface area (Å²) in [5.74, 6) is 0.597. The molecule has 0 amide bonds. The van der Waals surface area contributed by atoms with Crippen LogP contribution in [0.25, 0.3) is 10.1 Å². The van der Waals surface area contributed by atoms with E-state index in [1.54, 1.807) is 24.3 Å². The van der Waals surface area contributed by atoms with Crippen LogP contribution in [0.3, 0.4) is 0 Å². The van der Waals surface area contributed by atoms with E-state index in [1.807, 2.05) is 12.1 Å². The molecule has 0 aliphatic carbocycles. The number of nitrogens with zero attached hydrogens (tertiary/aromatic N) is 1. The molecule has 0 atom stereocenters. The second-order valence-corrected chi connectivity index (χ2v) is 4.79. The van der Waals surface area contributed by atoms with Crippen molar-refractivity contribution in [1.82, 2.24) is 4.57 Å². The first-order valence-corrected chi connectivity index (χ1v) is 6.57. The molecule has 2 rings (SSSR count). The van der Waals surface area contributed by atoms with Crippen LogP contribution in [-0.4, -0.2) is 10.3 Å². The first kappa shape index (κ1) is 12.1. The van der Waals surface area contributed by atoms with Crippen molar-refractivity contribution in [2.45, 2.75) is 6.54 Å². The van der Waals surface area contributed by atoms with E-state index in [-0.39, 0.29) is 10.4 Å². The van der Waals surface area contributed by atoms with Gasteiger partial charge in [-0.3, -0.25) is 14.2 Å². The molecule has 0 saturated heterocycles. The molecule has 0 radical (unpaired) electrons. The van der Waals surface area contributed by atoms with E-state index in [1.165, 1.54) is 4.57 Å². The number of aromatic nitrogens is 1. The van der Waals surface area contributed by atoms with E-state index >= 15 is 0 Å². The number of rotatable bonds is 3. The highest BCUT2D eigenvalue weighted by molar-refractivity contribution is 7.80. The fourth-order valence-electron chi connectivity index (χ4n) is 1.52. The molecule has 0 N–H and O–H groups in total. The van der Waals surface area contributed by atoms with Crippen LogP contribution in [0.5, 0.6) is 0 Å². The monoisotopic (exact) mass is 265 g/mol. The van der Waals surface area contributed by atoms with Gasteiger partial charge in [-0.25, -0.2) is 0 Å². The molecule has 0 bridgehead atoms. The van der Waals surface area contributed by atoms with Gasteiger partial charge in [0.2, 0.25) is 0 Å². The van der Waals surface area contributed by atoms with Crippen molar-refractivity contribution in [3.63, 3.8) is 0 Å². The number of allylic oxidation sites excluding steroid dienone is 1. The molecule has 0 saturated carbocycles. The quantitative estimate of drug-likeness (QED) is 0.680. The van der Waals surface area contributed by atoms with Gasteiger partial charge >= 0.3 is 4.87 Å². The van der Waals surface area contributed by atoms with Gasteiger partial charge in [0.15, 0.2) is 0 Å². The van der Waals surface area contributed by atoms with Crippen LogP contribution in [0, 0.1) is 0 Å². The summed E-state index contributed by atoms with van der Waals surface area (Å²) in [6, 6.07) is 7.15. The third kappa shape index (κ3) is 2.50. The number of thiol groups is 1. The van der Waals surface area contributed by atoms with Gasteiger partial charge in [-0.05, 0) is 12.1 Å². The average Bonchev–Trinajstić information content (AvgIpc) is 2.33. The minimum Gasteiger partial charge on any atom is -0.269 e. The van der Waals surface area contributed by atoms with Crippen molar-refractivity contribution in [2.75, 3.05) is 5.75 Å². The number of hydrogen-bond acceptors (Lipinski definition) is 4. The molecule has 88 valence electrons. The lowest BCUT2D eigenvalue weighted by molar-refractivity contribution is 0.771. The predicted octanol–water partition coefficient (Wildman–Crippen LogP) is 1.91. The minimum atomic E-state index is -0.229. The summed E-state index contributed by atoms with van der Waals surface area (Å²) in [4.78, 5) is 23.6. The Morgan fingerprint density at radius 1 is 1.24 bits per heavy atom. The summed E-state index contributed by atoms with van der Waals surface area (Å²) < 4.78 is 1.98. The maximum Gasteiger partial charge on any atom is 0.310 e. The lowest BCUT2D eigenvalue weighted by atomic mass is 10.3. The fraction of sp³-hybridized carbons (Fsp3) is 0.167. The minimum absolute atomic E-state index is 0.225. The first-order chi connectivity index (χ1) is 8.24. The Hall–Kier alpha value is -1.33. The highest BCUT2D eigenvalue weighted by Gasteiger charge is 2.05. The van der Waals surface area contributed by atoms with Crippen molar-refractivity contribution >= 4 is 34.1 Å². The Labute approximate surface area is 107 Å². The van der Waals surface area contributed by atoms with E-state index in [4.69, 9.17) is 0 Å². The summed E-state index contributed by atoms with van der Waals surface area (Å²) in [5.41, 5.74) is -0.229. The SMILES string of the molecule is O=c1sc2ccccc2c(=O)n1C/C=C/CS. The zero-order valence-corrected chi connectivity index (χ0v) is 10.7. The van der Waals surface area contributed by atoms with Crippen LogP contribution >= 0.6 is 24.0 Å². The van der Waals surface area contributed by atoms with Crippen LogP contribution in [0.4, 0.5) is 0 Å². The predicted molar refractivity (Wildman–Crippen MR) is 75.3 cm³/mol. The van der Waals surface area contributed by atoms with Crippen LogP contribution in [-0.2, 0) is 6.54 Å². The number of benzene rings is 1. The van der Waals surface area contributed by atoms with E-state index in [9.17, 15) is 9.59 Å². The van der Waals surface area contributed by atoms with Crippen molar-refractivity contribution in [3.05, 3.63) is 56.4 Å². The molecule has 0 fully saturated rings. The topological polar surface area (TPSA) is 39.1 Å². The highest BCUT2D eigenvalue weighted by Crippen LogP contribution is 2.10. The fourth-order valence-corrected chi connectivity index (χ4v) is 2.54. The van der Waals surface area contributed by atoms with Crippen LogP contribution in [0.15, 0.2) is 46.0 Å². The average molecular weight is 265 g/mol. The normalized spacial score (nSPS) is 11.4. The Kier molecular flexibility index (Phi) is 3.81. The first-order valence-electron chi connectivity index (χ1n) is 5.12. The van der Waals surface area contributed by atoms with Gasteiger partial charge in [0.1, 0.15) is 0 Å². The second kappa shape index (κ2) is 5.33. The molecule has 1 heterocycles. The molecule has 0 spiro atoms. The summed E-state index contributed by atoms with van der Waals surface area (Å²) in [5, 5.41) is 0.594. The molecule has 1 aromatic heterocycles. The van der Waals surface area contributed by atoms with Gasteiger partial charge in [-0.2, -0.15) is 12.6 Å². The van der Waals surface area contributed by atoms with Crippen LogP contribution < -0.4 is 10.4 Å². The summed E-state index contributed by atoms with van der Waals surface area (Å²) in [7, 11) is 0. The van der Waals surface area contributed by atoms with Gasteiger partial charge in [0.25, 0.3) is 5.56 Å². The zero-order chi connectivity index (χ0) is 12.3. The van der Waals surface area contributed by atoms with E-state index in [0.29, 0.717) is 17.7 Å². The van der Waals surface area contributed by atoms with E-state index in [0.717, 1.165) is 16.0 Å². The van der Waals surface area contributed by atoms with Gasteiger partial charge in [-0.15, -0.1) is 0 Å². The van der Waals surface area contributed by atoms with Crippen LogP contribution in [0.2, 0.25) is 0 Å².